The molecule has 0 saturated heterocycles. The van der Waals surface area contributed by atoms with Crippen molar-refractivity contribution in [2.24, 2.45) is 0 Å². The number of hydrogen-bond acceptors (Lipinski definition) is 2. The molecule has 1 aromatic rings. The van der Waals surface area contributed by atoms with E-state index in [0.717, 1.165) is 5.69 Å². The average Bonchev–Trinajstić information content (AvgIpc) is 2.14. The van der Waals surface area contributed by atoms with Gasteiger partial charge in [-0.05, 0) is 12.1 Å². The second kappa shape index (κ2) is 4.42. The van der Waals surface area contributed by atoms with Crippen molar-refractivity contribution in [3.05, 3.63) is 24.3 Å². The van der Waals surface area contributed by atoms with E-state index in [1.807, 2.05) is 0 Å². The molecule has 1 aromatic carbocycles. The summed E-state index contributed by atoms with van der Waals surface area (Å²) >= 11 is 0. The van der Waals surface area contributed by atoms with Crippen LogP contribution in [0.3, 0.4) is 0 Å². The molecule has 0 aliphatic carbocycles. The highest BCUT2D eigenvalue weighted by Gasteiger charge is 2.26. The summed E-state index contributed by atoms with van der Waals surface area (Å²) in [6.07, 6.45) is -4.20. The molecule has 1 N–H and O–H groups in total. The van der Waals surface area contributed by atoms with Gasteiger partial charge in [0.2, 0.25) is 0 Å². The molecule has 5 heteroatoms. The standard InChI is InChI=1S/C10H13F3N2/c1-15(2)9-6-4-3-5-8(9)14-7-10(11,12)13/h3-6,14H,7H2,1-2H3. The van der Waals surface area contributed by atoms with Crippen LogP contribution in [0.4, 0.5) is 24.5 Å². The Morgan fingerprint density at radius 3 is 2.33 bits per heavy atom. The van der Waals surface area contributed by atoms with Crippen LogP contribution < -0.4 is 10.2 Å². The molecule has 0 fully saturated rings. The van der Waals surface area contributed by atoms with Gasteiger partial charge in [0.15, 0.2) is 0 Å². The summed E-state index contributed by atoms with van der Waals surface area (Å²) in [4.78, 5) is 1.76. The zero-order chi connectivity index (χ0) is 11.5. The lowest BCUT2D eigenvalue weighted by Crippen LogP contribution is -2.22. The smallest absolute Gasteiger partial charge is 0.376 e. The largest absolute Gasteiger partial charge is 0.405 e. The predicted molar refractivity (Wildman–Crippen MR) is 55.3 cm³/mol. The number of hydrogen-bond donors (Lipinski definition) is 1. The van der Waals surface area contributed by atoms with Gasteiger partial charge in [0.25, 0.3) is 0 Å². The van der Waals surface area contributed by atoms with E-state index >= 15 is 0 Å². The number of nitrogens with zero attached hydrogens (tertiary/aromatic N) is 1. The molecule has 0 spiro atoms. The number of nitrogens with one attached hydrogen (secondary N) is 1. The van der Waals surface area contributed by atoms with Gasteiger partial charge < -0.3 is 10.2 Å². The summed E-state index contributed by atoms with van der Waals surface area (Å²) in [5, 5.41) is 2.37. The Labute approximate surface area is 86.7 Å². The fraction of sp³-hybridized carbons (Fsp3) is 0.400. The number of anilines is 2. The zero-order valence-corrected chi connectivity index (χ0v) is 8.60. The van der Waals surface area contributed by atoms with Gasteiger partial charge in [0, 0.05) is 14.1 Å². The van der Waals surface area contributed by atoms with Crippen molar-refractivity contribution < 1.29 is 13.2 Å². The lowest BCUT2D eigenvalue weighted by atomic mass is 10.2. The quantitative estimate of drug-likeness (QED) is 0.839. The molecule has 0 atom stereocenters. The third-order valence-electron chi connectivity index (χ3n) is 1.87. The third-order valence-corrected chi connectivity index (χ3v) is 1.87. The average molecular weight is 218 g/mol. The van der Waals surface area contributed by atoms with Gasteiger partial charge in [0.1, 0.15) is 6.54 Å². The van der Waals surface area contributed by atoms with Crippen LogP contribution in [0.25, 0.3) is 0 Å². The Morgan fingerprint density at radius 1 is 1.20 bits per heavy atom. The number of para-hydroxylation sites is 2. The van der Waals surface area contributed by atoms with Gasteiger partial charge in [-0.15, -0.1) is 0 Å². The Balaban J connectivity index is 2.76. The molecule has 0 aliphatic rings. The van der Waals surface area contributed by atoms with Gasteiger partial charge >= 0.3 is 6.18 Å². The Kier molecular flexibility index (Phi) is 3.44. The van der Waals surface area contributed by atoms with Crippen LogP contribution in [-0.2, 0) is 0 Å². The summed E-state index contributed by atoms with van der Waals surface area (Å²) in [5.41, 5.74) is 1.22. The van der Waals surface area contributed by atoms with Crippen LogP contribution in [0.2, 0.25) is 0 Å². The van der Waals surface area contributed by atoms with Crippen LogP contribution in [0, 0.1) is 0 Å². The first-order chi connectivity index (χ1) is 6.90. The molecule has 0 heterocycles. The molecule has 0 saturated carbocycles. The topological polar surface area (TPSA) is 15.3 Å². The van der Waals surface area contributed by atoms with Gasteiger partial charge in [-0.2, -0.15) is 13.2 Å². The molecular weight excluding hydrogens is 205 g/mol. The van der Waals surface area contributed by atoms with Crippen molar-refractivity contribution in [2.45, 2.75) is 6.18 Å². The molecule has 0 amide bonds. The Bertz CT molecular complexity index is 321. The van der Waals surface area contributed by atoms with Crippen LogP contribution in [0.1, 0.15) is 0 Å². The van der Waals surface area contributed by atoms with E-state index in [-0.39, 0.29) is 0 Å². The Morgan fingerprint density at radius 2 is 1.80 bits per heavy atom. The molecule has 0 aromatic heterocycles. The van der Waals surface area contributed by atoms with Crippen molar-refractivity contribution in [2.75, 3.05) is 30.9 Å². The van der Waals surface area contributed by atoms with Gasteiger partial charge in [0.05, 0.1) is 11.4 Å². The van der Waals surface area contributed by atoms with E-state index in [2.05, 4.69) is 5.32 Å². The van der Waals surface area contributed by atoms with E-state index in [4.69, 9.17) is 0 Å². The number of halogens is 3. The maximum absolute atomic E-state index is 12.0. The number of rotatable bonds is 3. The first kappa shape index (κ1) is 11.7. The van der Waals surface area contributed by atoms with Crippen LogP contribution in [0.5, 0.6) is 0 Å². The van der Waals surface area contributed by atoms with Crippen molar-refractivity contribution >= 4 is 11.4 Å². The fourth-order valence-corrected chi connectivity index (χ4v) is 1.21. The second-order valence-electron chi connectivity index (χ2n) is 3.38. The van der Waals surface area contributed by atoms with E-state index in [1.54, 1.807) is 43.3 Å². The van der Waals surface area contributed by atoms with E-state index in [1.165, 1.54) is 0 Å². The molecule has 0 unspecified atom stereocenters. The maximum atomic E-state index is 12.0. The third kappa shape index (κ3) is 3.69. The first-order valence-corrected chi connectivity index (χ1v) is 4.47. The van der Waals surface area contributed by atoms with Crippen molar-refractivity contribution in [3.8, 4) is 0 Å². The van der Waals surface area contributed by atoms with Crippen LogP contribution in [-0.4, -0.2) is 26.8 Å². The van der Waals surface area contributed by atoms with Gasteiger partial charge in [-0.25, -0.2) is 0 Å². The highest BCUT2D eigenvalue weighted by molar-refractivity contribution is 5.69. The van der Waals surface area contributed by atoms with E-state index < -0.39 is 12.7 Å². The summed E-state index contributed by atoms with van der Waals surface area (Å²) in [6.45, 7) is -1.02. The summed E-state index contributed by atoms with van der Waals surface area (Å²) in [7, 11) is 3.57. The highest BCUT2D eigenvalue weighted by atomic mass is 19.4. The fourth-order valence-electron chi connectivity index (χ4n) is 1.21. The summed E-state index contributed by atoms with van der Waals surface area (Å²) < 4.78 is 36.0. The van der Waals surface area contributed by atoms with Crippen molar-refractivity contribution in [1.29, 1.82) is 0 Å². The van der Waals surface area contributed by atoms with Crippen molar-refractivity contribution in [1.82, 2.24) is 0 Å². The molecule has 0 radical (unpaired) electrons. The summed E-state index contributed by atoms with van der Waals surface area (Å²) in [5.74, 6) is 0. The number of benzene rings is 1. The Hall–Kier alpha value is -1.39. The normalized spacial score (nSPS) is 11.3. The molecule has 0 aliphatic heterocycles. The monoisotopic (exact) mass is 218 g/mol. The SMILES string of the molecule is CN(C)c1ccccc1NCC(F)(F)F. The molecule has 1 rings (SSSR count). The zero-order valence-electron chi connectivity index (χ0n) is 8.60. The minimum atomic E-state index is -4.20. The lowest BCUT2D eigenvalue weighted by molar-refractivity contribution is -0.115. The minimum absolute atomic E-state index is 0.486. The first-order valence-electron chi connectivity index (χ1n) is 4.47. The lowest BCUT2D eigenvalue weighted by Gasteiger charge is -2.18. The second-order valence-corrected chi connectivity index (χ2v) is 3.38. The molecular formula is C10H13F3N2. The van der Waals surface area contributed by atoms with Crippen LogP contribution >= 0.6 is 0 Å². The highest BCUT2D eigenvalue weighted by Crippen LogP contribution is 2.25. The van der Waals surface area contributed by atoms with Crippen LogP contribution in [0.15, 0.2) is 24.3 Å². The predicted octanol–water partition coefficient (Wildman–Crippen LogP) is 2.73. The molecule has 15 heavy (non-hydrogen) atoms. The molecule has 0 bridgehead atoms. The molecule has 2 nitrogen and oxygen atoms in total. The minimum Gasteiger partial charge on any atom is -0.376 e. The van der Waals surface area contributed by atoms with Gasteiger partial charge in [-0.3, -0.25) is 0 Å². The van der Waals surface area contributed by atoms with E-state index in [0.29, 0.717) is 5.69 Å². The summed E-state index contributed by atoms with van der Waals surface area (Å²) in [6, 6.07) is 6.87. The maximum Gasteiger partial charge on any atom is 0.405 e. The van der Waals surface area contributed by atoms with Gasteiger partial charge in [-0.1, -0.05) is 12.1 Å². The van der Waals surface area contributed by atoms with E-state index in [9.17, 15) is 13.2 Å². The molecule has 84 valence electrons. The number of alkyl halides is 3. The van der Waals surface area contributed by atoms with Crippen molar-refractivity contribution in [3.63, 3.8) is 0 Å².